The lowest BCUT2D eigenvalue weighted by molar-refractivity contribution is 0.143. The zero-order valence-electron chi connectivity index (χ0n) is 13.9. The highest BCUT2D eigenvalue weighted by Gasteiger charge is 2.21. The minimum atomic E-state index is 0. The smallest absolute Gasteiger partial charge is 0.193 e. The van der Waals surface area contributed by atoms with Crippen molar-refractivity contribution < 1.29 is 0 Å². The predicted molar refractivity (Wildman–Crippen MR) is 106 cm³/mol. The van der Waals surface area contributed by atoms with Gasteiger partial charge in [-0.05, 0) is 63.8 Å². The largest absolute Gasteiger partial charge is 0.370 e. The molecule has 1 aromatic carbocycles. The fourth-order valence-electron chi connectivity index (χ4n) is 2.85. The van der Waals surface area contributed by atoms with Crippen molar-refractivity contribution in [1.82, 2.24) is 4.90 Å². The Morgan fingerprint density at radius 2 is 2.23 bits per heavy atom. The van der Waals surface area contributed by atoms with E-state index in [0.29, 0.717) is 17.9 Å². The van der Waals surface area contributed by atoms with Crippen molar-refractivity contribution in [3.63, 3.8) is 0 Å². The van der Waals surface area contributed by atoms with Gasteiger partial charge in [0, 0.05) is 24.8 Å². The van der Waals surface area contributed by atoms with Crippen molar-refractivity contribution in [3.8, 4) is 0 Å². The van der Waals surface area contributed by atoms with Gasteiger partial charge in [0.05, 0.1) is 0 Å². The fraction of sp³-hybridized carbons (Fsp3) is 0.588. The van der Waals surface area contributed by atoms with Crippen LogP contribution in [-0.4, -0.2) is 36.5 Å². The van der Waals surface area contributed by atoms with E-state index in [9.17, 15) is 0 Å². The number of nitrogens with one attached hydrogen (secondary N) is 1. The number of nitrogens with two attached hydrogens (primary N) is 1. The van der Waals surface area contributed by atoms with E-state index in [1.165, 1.54) is 24.9 Å². The topological polar surface area (TPSA) is 53.6 Å². The molecule has 1 atom stereocenters. The highest BCUT2D eigenvalue weighted by molar-refractivity contribution is 14.0. The van der Waals surface area contributed by atoms with Gasteiger partial charge in [0.15, 0.2) is 5.96 Å². The van der Waals surface area contributed by atoms with Crippen molar-refractivity contribution in [3.05, 3.63) is 29.8 Å². The first-order chi connectivity index (χ1) is 10.0. The van der Waals surface area contributed by atoms with Crippen LogP contribution in [0.4, 0.5) is 5.69 Å². The quantitative estimate of drug-likeness (QED) is 0.449. The SMILES string of the molecule is Cc1cccc(NC(N)=NCC2CCCN(C(C)C)C2)c1.I. The van der Waals surface area contributed by atoms with E-state index in [4.69, 9.17) is 5.73 Å². The van der Waals surface area contributed by atoms with Crippen molar-refractivity contribution in [1.29, 1.82) is 0 Å². The first kappa shape index (κ1) is 19.2. The molecule has 1 unspecified atom stereocenters. The highest BCUT2D eigenvalue weighted by atomic mass is 127. The number of likely N-dealkylation sites (tertiary alicyclic amines) is 1. The molecule has 0 radical (unpaired) electrons. The summed E-state index contributed by atoms with van der Waals surface area (Å²) in [7, 11) is 0. The molecular weight excluding hydrogens is 387 g/mol. The third-order valence-corrected chi connectivity index (χ3v) is 4.09. The number of aliphatic imine (C=N–C) groups is 1. The number of halogens is 1. The lowest BCUT2D eigenvalue weighted by Crippen LogP contribution is -2.41. The first-order valence-corrected chi connectivity index (χ1v) is 7.92. The molecule has 0 aliphatic carbocycles. The van der Waals surface area contributed by atoms with Gasteiger partial charge >= 0.3 is 0 Å². The molecule has 4 nitrogen and oxygen atoms in total. The molecule has 0 aromatic heterocycles. The Hall–Kier alpha value is -0.820. The second-order valence-electron chi connectivity index (χ2n) is 6.32. The van der Waals surface area contributed by atoms with Crippen LogP contribution in [0, 0.1) is 12.8 Å². The number of anilines is 1. The van der Waals surface area contributed by atoms with E-state index in [1.54, 1.807) is 0 Å². The second kappa shape index (κ2) is 9.35. The normalized spacial score (nSPS) is 19.8. The van der Waals surface area contributed by atoms with Gasteiger partial charge in [-0.15, -0.1) is 24.0 Å². The van der Waals surface area contributed by atoms with Crippen LogP contribution in [0.2, 0.25) is 0 Å². The standard InChI is InChI=1S/C17H28N4.HI/c1-13(2)21-9-5-7-15(12-21)11-19-17(18)20-16-8-4-6-14(3)10-16;/h4,6,8,10,13,15H,5,7,9,11-12H2,1-3H3,(H3,18,19,20);1H. The maximum absolute atomic E-state index is 5.99. The zero-order valence-corrected chi connectivity index (χ0v) is 16.2. The summed E-state index contributed by atoms with van der Waals surface area (Å²) in [6, 6.07) is 8.80. The van der Waals surface area contributed by atoms with Crippen molar-refractivity contribution >= 4 is 35.6 Å². The van der Waals surface area contributed by atoms with Crippen molar-refractivity contribution in [2.45, 2.75) is 39.7 Å². The number of piperidine rings is 1. The highest BCUT2D eigenvalue weighted by Crippen LogP contribution is 2.18. The summed E-state index contributed by atoms with van der Waals surface area (Å²) >= 11 is 0. The number of nitrogens with zero attached hydrogens (tertiary/aromatic N) is 2. The van der Waals surface area contributed by atoms with Crippen LogP contribution in [0.3, 0.4) is 0 Å². The number of hydrogen-bond acceptors (Lipinski definition) is 2. The van der Waals surface area contributed by atoms with Gasteiger partial charge in [0.2, 0.25) is 0 Å². The molecule has 22 heavy (non-hydrogen) atoms. The van der Waals surface area contributed by atoms with Gasteiger partial charge in [-0.3, -0.25) is 4.99 Å². The number of benzene rings is 1. The van der Waals surface area contributed by atoms with E-state index in [0.717, 1.165) is 18.8 Å². The summed E-state index contributed by atoms with van der Waals surface area (Å²) < 4.78 is 0. The van der Waals surface area contributed by atoms with Crippen LogP contribution in [0.1, 0.15) is 32.3 Å². The van der Waals surface area contributed by atoms with E-state index in [-0.39, 0.29) is 24.0 Å². The monoisotopic (exact) mass is 416 g/mol. The fourth-order valence-corrected chi connectivity index (χ4v) is 2.85. The van der Waals surface area contributed by atoms with Crippen LogP contribution in [0.15, 0.2) is 29.3 Å². The molecule has 1 aliphatic heterocycles. The lowest BCUT2D eigenvalue weighted by Gasteiger charge is -2.34. The number of rotatable bonds is 4. The van der Waals surface area contributed by atoms with Gasteiger partial charge in [0.1, 0.15) is 0 Å². The Morgan fingerprint density at radius 3 is 2.91 bits per heavy atom. The summed E-state index contributed by atoms with van der Waals surface area (Å²) in [5.41, 5.74) is 8.21. The Bertz CT molecular complexity index is 487. The van der Waals surface area contributed by atoms with Crippen LogP contribution >= 0.6 is 24.0 Å². The number of guanidine groups is 1. The summed E-state index contributed by atoms with van der Waals surface area (Å²) in [6.45, 7) is 9.77. The van der Waals surface area contributed by atoms with Gasteiger partial charge in [0.25, 0.3) is 0 Å². The molecule has 0 saturated carbocycles. The minimum absolute atomic E-state index is 0. The molecule has 0 amide bonds. The van der Waals surface area contributed by atoms with Gasteiger partial charge in [-0.1, -0.05) is 12.1 Å². The summed E-state index contributed by atoms with van der Waals surface area (Å²) in [5, 5.41) is 3.17. The van der Waals surface area contributed by atoms with E-state index < -0.39 is 0 Å². The molecule has 0 spiro atoms. The third kappa shape index (κ3) is 6.12. The van der Waals surface area contributed by atoms with Crippen LogP contribution in [0.25, 0.3) is 0 Å². The average molecular weight is 416 g/mol. The predicted octanol–water partition coefficient (Wildman–Crippen LogP) is 3.46. The van der Waals surface area contributed by atoms with Crippen molar-refractivity contribution in [2.24, 2.45) is 16.6 Å². The maximum atomic E-state index is 5.99. The average Bonchev–Trinajstić information content (AvgIpc) is 2.45. The van der Waals surface area contributed by atoms with Gasteiger partial charge in [-0.25, -0.2) is 0 Å². The molecule has 1 aromatic rings. The molecule has 0 bridgehead atoms. The Labute approximate surface area is 151 Å². The molecule has 1 fully saturated rings. The van der Waals surface area contributed by atoms with Crippen LogP contribution in [-0.2, 0) is 0 Å². The molecule has 3 N–H and O–H groups in total. The number of aryl methyl sites for hydroxylation is 1. The second-order valence-corrected chi connectivity index (χ2v) is 6.32. The Balaban J connectivity index is 0.00000242. The van der Waals surface area contributed by atoms with Gasteiger partial charge in [-0.2, -0.15) is 0 Å². The number of hydrogen-bond donors (Lipinski definition) is 2. The zero-order chi connectivity index (χ0) is 15.2. The molecule has 124 valence electrons. The molecule has 2 rings (SSSR count). The maximum Gasteiger partial charge on any atom is 0.193 e. The Kier molecular flexibility index (Phi) is 8.17. The van der Waals surface area contributed by atoms with E-state index >= 15 is 0 Å². The summed E-state index contributed by atoms with van der Waals surface area (Å²) in [4.78, 5) is 7.06. The van der Waals surface area contributed by atoms with Gasteiger partial charge < -0.3 is 16.0 Å². The van der Waals surface area contributed by atoms with Crippen LogP contribution < -0.4 is 11.1 Å². The summed E-state index contributed by atoms with van der Waals surface area (Å²) in [5.74, 6) is 1.14. The lowest BCUT2D eigenvalue weighted by atomic mass is 9.97. The Morgan fingerprint density at radius 1 is 1.45 bits per heavy atom. The molecule has 5 heteroatoms. The molecule has 1 saturated heterocycles. The first-order valence-electron chi connectivity index (χ1n) is 7.92. The van der Waals surface area contributed by atoms with E-state index in [1.807, 2.05) is 12.1 Å². The molecule has 1 aliphatic rings. The van der Waals surface area contributed by atoms with Crippen LogP contribution in [0.5, 0.6) is 0 Å². The van der Waals surface area contributed by atoms with E-state index in [2.05, 4.69) is 48.1 Å². The molecule has 1 heterocycles. The molecular formula is C17H29IN4. The third-order valence-electron chi connectivity index (χ3n) is 4.09. The summed E-state index contributed by atoms with van der Waals surface area (Å²) in [6.07, 6.45) is 2.52. The van der Waals surface area contributed by atoms with Crippen molar-refractivity contribution in [2.75, 3.05) is 25.0 Å². The minimum Gasteiger partial charge on any atom is -0.370 e.